The van der Waals surface area contributed by atoms with Gasteiger partial charge in [0, 0.05) is 6.42 Å². The van der Waals surface area contributed by atoms with E-state index in [1.807, 2.05) is 21.1 Å². The molecule has 0 aromatic rings. The lowest BCUT2D eigenvalue weighted by atomic mass is 10.2. The predicted octanol–water partition coefficient (Wildman–Crippen LogP) is 0.630. The molecule has 0 aliphatic carbocycles. The third kappa shape index (κ3) is 11.7. The van der Waals surface area contributed by atoms with Gasteiger partial charge in [0.2, 0.25) is 0 Å². The number of carbonyl (C=O) groups excluding carboxylic acids is 1. The number of ether oxygens (including phenoxy) is 1. The Bertz CT molecular complexity index is 296. The van der Waals surface area contributed by atoms with E-state index >= 15 is 0 Å². The molecule has 0 aliphatic rings. The van der Waals surface area contributed by atoms with Gasteiger partial charge in [0.25, 0.3) is 0 Å². The summed E-state index contributed by atoms with van der Waals surface area (Å²) in [6, 6.07) is 0. The second kappa shape index (κ2) is 8.12. The van der Waals surface area contributed by atoms with Gasteiger partial charge in [-0.3, -0.25) is 9.59 Å². The summed E-state index contributed by atoms with van der Waals surface area (Å²) in [5, 5.41) is 17.9. The van der Waals surface area contributed by atoms with Crippen LogP contribution in [0.4, 0.5) is 0 Å². The molecule has 19 heavy (non-hydrogen) atoms. The van der Waals surface area contributed by atoms with Crippen molar-refractivity contribution in [3.05, 3.63) is 0 Å². The second-order valence-electron chi connectivity index (χ2n) is 5.92. The quantitative estimate of drug-likeness (QED) is 0.477. The van der Waals surface area contributed by atoms with Crippen LogP contribution in [0.1, 0.15) is 32.6 Å². The van der Waals surface area contributed by atoms with Crippen molar-refractivity contribution in [3.8, 4) is 0 Å². The van der Waals surface area contributed by atoms with Crippen molar-refractivity contribution in [2.45, 2.75) is 44.8 Å². The Morgan fingerprint density at radius 3 is 2.26 bits per heavy atom. The lowest BCUT2D eigenvalue weighted by molar-refractivity contribution is -0.873. The number of esters is 1. The highest BCUT2D eigenvalue weighted by Gasteiger charge is 2.24. The molecule has 2 N–H and O–H groups in total. The Balaban J connectivity index is 4.23. The molecule has 0 radical (unpaired) electrons. The zero-order valence-corrected chi connectivity index (χ0v) is 12.3. The van der Waals surface area contributed by atoms with Crippen LogP contribution in [0.25, 0.3) is 0 Å². The molecule has 0 spiro atoms. The summed E-state index contributed by atoms with van der Waals surface area (Å²) in [6.07, 6.45) is 0.0512. The minimum atomic E-state index is -0.977. The first kappa shape index (κ1) is 17.9. The van der Waals surface area contributed by atoms with E-state index in [0.29, 0.717) is 23.9 Å². The minimum absolute atomic E-state index is 0.183. The van der Waals surface area contributed by atoms with Crippen molar-refractivity contribution >= 4 is 11.9 Å². The van der Waals surface area contributed by atoms with E-state index in [4.69, 9.17) is 14.9 Å². The SMILES string of the molecule is CC(O)CCCC(=O)OC(CC(=O)O)C[N+](C)(C)C. The molecule has 0 amide bonds. The zero-order valence-electron chi connectivity index (χ0n) is 12.3. The number of likely N-dealkylation sites (N-methyl/N-ethyl adjacent to an activating group) is 1. The number of hydrogen-bond donors (Lipinski definition) is 2. The van der Waals surface area contributed by atoms with E-state index < -0.39 is 24.1 Å². The number of hydrogen-bond acceptors (Lipinski definition) is 4. The number of aliphatic carboxylic acids is 1. The van der Waals surface area contributed by atoms with Crippen LogP contribution < -0.4 is 0 Å². The molecule has 0 aromatic carbocycles. The topological polar surface area (TPSA) is 83.8 Å². The van der Waals surface area contributed by atoms with Crippen molar-refractivity contribution in [2.75, 3.05) is 27.7 Å². The largest absolute Gasteiger partial charge is 0.481 e. The van der Waals surface area contributed by atoms with Gasteiger partial charge in [0.1, 0.15) is 6.54 Å². The molecule has 0 heterocycles. The van der Waals surface area contributed by atoms with E-state index in [1.165, 1.54) is 0 Å². The highest BCUT2D eigenvalue weighted by atomic mass is 16.5. The maximum absolute atomic E-state index is 11.6. The molecule has 2 atom stereocenters. The fourth-order valence-corrected chi connectivity index (χ4v) is 1.74. The zero-order chi connectivity index (χ0) is 15.1. The average Bonchev–Trinajstić information content (AvgIpc) is 2.12. The van der Waals surface area contributed by atoms with Gasteiger partial charge in [-0.15, -0.1) is 0 Å². The van der Waals surface area contributed by atoms with E-state index in [-0.39, 0.29) is 12.8 Å². The van der Waals surface area contributed by atoms with E-state index in [9.17, 15) is 9.59 Å². The third-order valence-corrected chi connectivity index (χ3v) is 2.45. The Labute approximate surface area is 114 Å². The van der Waals surface area contributed by atoms with Gasteiger partial charge in [-0.2, -0.15) is 0 Å². The van der Waals surface area contributed by atoms with E-state index in [2.05, 4.69) is 0 Å². The summed E-state index contributed by atoms with van der Waals surface area (Å²) >= 11 is 0. The number of aliphatic hydroxyl groups is 1. The number of carboxylic acid groups (broad SMARTS) is 1. The normalized spacial score (nSPS) is 14.8. The summed E-state index contributed by atoms with van der Waals surface area (Å²) in [4.78, 5) is 22.3. The van der Waals surface area contributed by atoms with Gasteiger partial charge in [0.15, 0.2) is 6.10 Å². The fourth-order valence-electron chi connectivity index (χ4n) is 1.74. The number of nitrogens with zero attached hydrogens (tertiary/aromatic N) is 1. The molecule has 2 unspecified atom stereocenters. The van der Waals surface area contributed by atoms with Crippen LogP contribution in [-0.2, 0) is 14.3 Å². The molecule has 0 saturated heterocycles. The summed E-state index contributed by atoms with van der Waals surface area (Å²) < 4.78 is 5.73. The Morgan fingerprint density at radius 2 is 1.84 bits per heavy atom. The first-order valence-electron chi connectivity index (χ1n) is 6.50. The first-order valence-corrected chi connectivity index (χ1v) is 6.50. The molecule has 0 aromatic heterocycles. The van der Waals surface area contributed by atoms with Gasteiger partial charge in [-0.1, -0.05) is 0 Å². The molecule has 6 heteroatoms. The molecule has 0 rings (SSSR count). The summed E-state index contributed by atoms with van der Waals surface area (Å²) in [6.45, 7) is 2.12. The van der Waals surface area contributed by atoms with Crippen LogP contribution in [0.2, 0.25) is 0 Å². The van der Waals surface area contributed by atoms with Crippen molar-refractivity contribution in [3.63, 3.8) is 0 Å². The minimum Gasteiger partial charge on any atom is -0.481 e. The number of carboxylic acids is 1. The van der Waals surface area contributed by atoms with Gasteiger partial charge < -0.3 is 19.4 Å². The predicted molar refractivity (Wildman–Crippen MR) is 70.6 cm³/mol. The van der Waals surface area contributed by atoms with Crippen LogP contribution in [0, 0.1) is 0 Å². The highest BCUT2D eigenvalue weighted by molar-refractivity contribution is 5.71. The molecule has 112 valence electrons. The highest BCUT2D eigenvalue weighted by Crippen LogP contribution is 2.08. The molecular weight excluding hydrogens is 250 g/mol. The Hall–Kier alpha value is -1.14. The third-order valence-electron chi connectivity index (χ3n) is 2.45. The summed E-state index contributed by atoms with van der Waals surface area (Å²) in [7, 11) is 5.74. The van der Waals surface area contributed by atoms with Crippen molar-refractivity contribution in [2.24, 2.45) is 0 Å². The smallest absolute Gasteiger partial charge is 0.307 e. The van der Waals surface area contributed by atoms with Crippen molar-refractivity contribution in [1.82, 2.24) is 0 Å². The van der Waals surface area contributed by atoms with Crippen LogP contribution >= 0.6 is 0 Å². The lowest BCUT2D eigenvalue weighted by Crippen LogP contribution is -2.43. The molecule has 0 bridgehead atoms. The molecule has 0 fully saturated rings. The van der Waals surface area contributed by atoms with Crippen molar-refractivity contribution < 1.29 is 29.0 Å². The van der Waals surface area contributed by atoms with Crippen LogP contribution in [-0.4, -0.2) is 66.5 Å². The van der Waals surface area contributed by atoms with Crippen molar-refractivity contribution in [1.29, 1.82) is 0 Å². The Kier molecular flexibility index (Phi) is 7.63. The molecular formula is C13H26NO5+. The maximum Gasteiger partial charge on any atom is 0.307 e. The van der Waals surface area contributed by atoms with Gasteiger partial charge >= 0.3 is 11.9 Å². The standard InChI is InChI=1S/C13H25NO5/c1-10(15)6-5-7-13(18)19-11(8-12(16)17)9-14(2,3)4/h10-11,15H,5-9H2,1-4H3/p+1. The van der Waals surface area contributed by atoms with Gasteiger partial charge in [0.05, 0.1) is 33.7 Å². The number of carbonyl (C=O) groups is 2. The van der Waals surface area contributed by atoms with Crippen LogP contribution in [0.5, 0.6) is 0 Å². The van der Waals surface area contributed by atoms with Gasteiger partial charge in [-0.25, -0.2) is 0 Å². The first-order chi connectivity index (χ1) is 8.60. The molecule has 6 nitrogen and oxygen atoms in total. The number of quaternary nitrogens is 1. The summed E-state index contributed by atoms with van der Waals surface area (Å²) in [5.74, 6) is -1.38. The average molecular weight is 276 g/mol. The number of rotatable bonds is 9. The molecule has 0 aliphatic heterocycles. The monoisotopic (exact) mass is 276 g/mol. The number of aliphatic hydroxyl groups excluding tert-OH is 1. The van der Waals surface area contributed by atoms with E-state index in [0.717, 1.165) is 0 Å². The maximum atomic E-state index is 11.6. The van der Waals surface area contributed by atoms with Crippen LogP contribution in [0.15, 0.2) is 0 Å². The molecule has 0 saturated carbocycles. The fraction of sp³-hybridized carbons (Fsp3) is 0.846. The summed E-state index contributed by atoms with van der Waals surface area (Å²) in [5.41, 5.74) is 0. The van der Waals surface area contributed by atoms with Crippen LogP contribution in [0.3, 0.4) is 0 Å². The lowest BCUT2D eigenvalue weighted by Gasteiger charge is -2.28. The van der Waals surface area contributed by atoms with Gasteiger partial charge in [-0.05, 0) is 19.8 Å². The van der Waals surface area contributed by atoms with E-state index in [1.54, 1.807) is 6.92 Å². The second-order valence-corrected chi connectivity index (χ2v) is 5.92. The Morgan fingerprint density at radius 1 is 1.26 bits per heavy atom.